The number of rotatable bonds is 6. The van der Waals surface area contributed by atoms with Crippen LogP contribution in [-0.2, 0) is 11.2 Å². The minimum absolute atomic E-state index is 0.0733. The Morgan fingerprint density at radius 2 is 2.23 bits per heavy atom. The van der Waals surface area contributed by atoms with E-state index in [9.17, 15) is 14.0 Å². The first kappa shape index (κ1) is 18.1. The molecular formula is C19H22FN3O3. The normalized spacial score (nSPS) is 15.8. The minimum atomic E-state index is -0.351. The molecule has 0 bridgehead atoms. The summed E-state index contributed by atoms with van der Waals surface area (Å²) in [4.78, 5) is 26.4. The lowest BCUT2D eigenvalue weighted by Crippen LogP contribution is -2.50. The van der Waals surface area contributed by atoms with E-state index < -0.39 is 0 Å². The molecule has 1 aliphatic rings. The molecular weight excluding hydrogens is 337 g/mol. The van der Waals surface area contributed by atoms with Crippen LogP contribution in [-0.4, -0.2) is 41.0 Å². The maximum atomic E-state index is 13.5. The average molecular weight is 359 g/mol. The number of piperidine rings is 1. The van der Waals surface area contributed by atoms with E-state index in [1.165, 1.54) is 12.1 Å². The van der Waals surface area contributed by atoms with Crippen molar-refractivity contribution in [1.82, 2.24) is 15.4 Å². The summed E-state index contributed by atoms with van der Waals surface area (Å²) in [6.45, 7) is 2.63. The number of aryl methyl sites for hydroxylation is 1. The number of hydrogen-bond donors (Lipinski definition) is 1. The standard InChI is InChI=1S/C19H22FN3O3/c1-13-9-17(22-26-13)19(25)21-12-16(23-8-3-2-7-18(23)24)11-14-5-4-6-15(20)10-14/h4-6,9-10,16H,2-3,7-8,11-12H2,1H3,(H,21,25). The van der Waals surface area contributed by atoms with Crippen LogP contribution in [0.4, 0.5) is 4.39 Å². The zero-order valence-corrected chi connectivity index (χ0v) is 14.7. The molecule has 1 unspecified atom stereocenters. The number of likely N-dealkylation sites (tertiary alicyclic amines) is 1. The van der Waals surface area contributed by atoms with Gasteiger partial charge in [-0.25, -0.2) is 4.39 Å². The second-order valence-corrected chi connectivity index (χ2v) is 6.56. The van der Waals surface area contributed by atoms with Crippen LogP contribution in [0.15, 0.2) is 34.9 Å². The van der Waals surface area contributed by atoms with Crippen molar-refractivity contribution in [3.8, 4) is 0 Å². The van der Waals surface area contributed by atoms with E-state index in [0.29, 0.717) is 25.1 Å². The number of aromatic nitrogens is 1. The zero-order chi connectivity index (χ0) is 18.5. The highest BCUT2D eigenvalue weighted by molar-refractivity contribution is 5.92. The number of hydrogen-bond acceptors (Lipinski definition) is 4. The quantitative estimate of drug-likeness (QED) is 0.860. The van der Waals surface area contributed by atoms with Crippen molar-refractivity contribution >= 4 is 11.8 Å². The predicted octanol–water partition coefficient (Wildman–Crippen LogP) is 2.48. The van der Waals surface area contributed by atoms with E-state index >= 15 is 0 Å². The SMILES string of the molecule is Cc1cc(C(=O)NCC(Cc2cccc(F)c2)N2CCCCC2=O)no1. The molecule has 1 aliphatic heterocycles. The van der Waals surface area contributed by atoms with Gasteiger partial charge in [0.25, 0.3) is 5.91 Å². The molecule has 1 aromatic heterocycles. The van der Waals surface area contributed by atoms with E-state index in [1.807, 2.05) is 6.07 Å². The fourth-order valence-corrected chi connectivity index (χ4v) is 3.22. The molecule has 1 fully saturated rings. The highest BCUT2D eigenvalue weighted by Crippen LogP contribution is 2.17. The van der Waals surface area contributed by atoms with Gasteiger partial charge in [0.15, 0.2) is 5.69 Å². The molecule has 138 valence electrons. The lowest BCUT2D eigenvalue weighted by molar-refractivity contribution is -0.135. The Hall–Kier alpha value is -2.70. The number of nitrogens with zero attached hydrogens (tertiary/aromatic N) is 2. The van der Waals surface area contributed by atoms with Gasteiger partial charge >= 0.3 is 0 Å². The maximum absolute atomic E-state index is 13.5. The van der Waals surface area contributed by atoms with E-state index in [1.54, 1.807) is 24.0 Å². The van der Waals surface area contributed by atoms with E-state index in [0.717, 1.165) is 18.4 Å². The van der Waals surface area contributed by atoms with Crippen LogP contribution in [0.2, 0.25) is 0 Å². The third-order valence-corrected chi connectivity index (χ3v) is 4.52. The summed E-state index contributed by atoms with van der Waals surface area (Å²) in [5.41, 5.74) is 0.997. The van der Waals surface area contributed by atoms with Gasteiger partial charge in [0.1, 0.15) is 11.6 Å². The van der Waals surface area contributed by atoms with Gasteiger partial charge in [-0.3, -0.25) is 9.59 Å². The summed E-state index contributed by atoms with van der Waals surface area (Å²) < 4.78 is 18.4. The van der Waals surface area contributed by atoms with Crippen LogP contribution in [0.25, 0.3) is 0 Å². The van der Waals surface area contributed by atoms with Gasteiger partial charge in [-0.2, -0.15) is 0 Å². The number of nitrogens with one attached hydrogen (secondary N) is 1. The molecule has 2 heterocycles. The van der Waals surface area contributed by atoms with Crippen LogP contribution in [0.5, 0.6) is 0 Å². The molecule has 0 radical (unpaired) electrons. The van der Waals surface area contributed by atoms with Gasteiger partial charge in [-0.1, -0.05) is 17.3 Å². The van der Waals surface area contributed by atoms with Crippen LogP contribution in [0, 0.1) is 12.7 Å². The molecule has 1 atom stereocenters. The molecule has 2 aromatic rings. The first-order chi connectivity index (χ1) is 12.5. The molecule has 6 nitrogen and oxygen atoms in total. The Bertz CT molecular complexity index is 790. The Kier molecular flexibility index (Phi) is 5.65. The number of benzene rings is 1. The number of amides is 2. The minimum Gasteiger partial charge on any atom is -0.361 e. The summed E-state index contributed by atoms with van der Waals surface area (Å²) in [7, 11) is 0. The summed E-state index contributed by atoms with van der Waals surface area (Å²) in [5.74, 6) is -0.0364. The summed E-state index contributed by atoms with van der Waals surface area (Å²) in [5, 5.41) is 6.52. The van der Waals surface area contributed by atoms with Crippen molar-refractivity contribution in [2.75, 3.05) is 13.1 Å². The van der Waals surface area contributed by atoms with Gasteiger partial charge in [-0.15, -0.1) is 0 Å². The van der Waals surface area contributed by atoms with Crippen LogP contribution < -0.4 is 5.32 Å². The maximum Gasteiger partial charge on any atom is 0.273 e. The van der Waals surface area contributed by atoms with Gasteiger partial charge in [0.05, 0.1) is 6.04 Å². The molecule has 1 aromatic carbocycles. The van der Waals surface area contributed by atoms with E-state index in [2.05, 4.69) is 10.5 Å². The molecule has 0 aliphatic carbocycles. The second kappa shape index (κ2) is 8.12. The van der Waals surface area contributed by atoms with E-state index in [4.69, 9.17) is 4.52 Å². The molecule has 7 heteroatoms. The largest absolute Gasteiger partial charge is 0.361 e. The van der Waals surface area contributed by atoms with Gasteiger partial charge in [-0.05, 0) is 43.9 Å². The highest BCUT2D eigenvalue weighted by Gasteiger charge is 2.27. The van der Waals surface area contributed by atoms with Crippen molar-refractivity contribution in [2.24, 2.45) is 0 Å². The lowest BCUT2D eigenvalue weighted by Gasteiger charge is -2.35. The van der Waals surface area contributed by atoms with Crippen molar-refractivity contribution in [3.63, 3.8) is 0 Å². The third kappa shape index (κ3) is 4.47. The van der Waals surface area contributed by atoms with Crippen molar-refractivity contribution < 1.29 is 18.5 Å². The number of carbonyl (C=O) groups excluding carboxylic acids is 2. The molecule has 3 rings (SSSR count). The van der Waals surface area contributed by atoms with Crippen molar-refractivity contribution in [1.29, 1.82) is 0 Å². The fourth-order valence-electron chi connectivity index (χ4n) is 3.22. The summed E-state index contributed by atoms with van der Waals surface area (Å²) in [6, 6.07) is 7.65. The Labute approximate surface area is 151 Å². The van der Waals surface area contributed by atoms with Crippen LogP contribution >= 0.6 is 0 Å². The lowest BCUT2D eigenvalue weighted by atomic mass is 10.0. The molecule has 1 saturated heterocycles. The molecule has 26 heavy (non-hydrogen) atoms. The molecule has 2 amide bonds. The van der Waals surface area contributed by atoms with E-state index in [-0.39, 0.29) is 35.9 Å². The summed E-state index contributed by atoms with van der Waals surface area (Å²) >= 11 is 0. The van der Waals surface area contributed by atoms with Crippen molar-refractivity contribution in [3.05, 3.63) is 53.2 Å². The Morgan fingerprint density at radius 1 is 1.38 bits per heavy atom. The smallest absolute Gasteiger partial charge is 0.273 e. The topological polar surface area (TPSA) is 75.4 Å². The Morgan fingerprint density at radius 3 is 2.92 bits per heavy atom. The first-order valence-electron chi connectivity index (χ1n) is 8.78. The van der Waals surface area contributed by atoms with Gasteiger partial charge < -0.3 is 14.7 Å². The summed E-state index contributed by atoms with van der Waals surface area (Å²) in [6.07, 6.45) is 2.80. The number of carbonyl (C=O) groups is 2. The zero-order valence-electron chi connectivity index (χ0n) is 14.7. The van der Waals surface area contributed by atoms with Gasteiger partial charge in [0.2, 0.25) is 5.91 Å². The second-order valence-electron chi connectivity index (χ2n) is 6.56. The average Bonchev–Trinajstić information content (AvgIpc) is 3.05. The van der Waals surface area contributed by atoms with Crippen molar-refractivity contribution in [2.45, 2.75) is 38.6 Å². The molecule has 0 spiro atoms. The molecule has 1 N–H and O–H groups in total. The van der Waals surface area contributed by atoms with Gasteiger partial charge in [0, 0.05) is 25.6 Å². The Balaban J connectivity index is 1.71. The third-order valence-electron chi connectivity index (χ3n) is 4.52. The van der Waals surface area contributed by atoms with Crippen LogP contribution in [0.1, 0.15) is 41.1 Å². The molecule has 0 saturated carbocycles. The number of halogens is 1. The van der Waals surface area contributed by atoms with Crippen LogP contribution in [0.3, 0.4) is 0 Å². The predicted molar refractivity (Wildman–Crippen MR) is 93.0 cm³/mol. The highest BCUT2D eigenvalue weighted by atomic mass is 19.1. The fraction of sp³-hybridized carbons (Fsp3) is 0.421. The monoisotopic (exact) mass is 359 g/mol. The first-order valence-corrected chi connectivity index (χ1v) is 8.78.